The summed E-state index contributed by atoms with van der Waals surface area (Å²) in [5, 5.41) is -1.16. The molecular weight excluding hydrogens is 328 g/mol. The van der Waals surface area contributed by atoms with Gasteiger partial charge >= 0.3 is 0 Å². The van der Waals surface area contributed by atoms with E-state index in [1.54, 1.807) is 18.2 Å². The predicted molar refractivity (Wildman–Crippen MR) is 93.4 cm³/mol. The van der Waals surface area contributed by atoms with Gasteiger partial charge in [0.25, 0.3) is 0 Å². The monoisotopic (exact) mass is 350 g/mol. The molecule has 0 saturated heterocycles. The zero-order valence-corrected chi connectivity index (χ0v) is 14.9. The summed E-state index contributed by atoms with van der Waals surface area (Å²) in [5.41, 5.74) is 2.03. The molecule has 1 aliphatic carbocycles. The molecule has 8 heteroatoms. The van der Waals surface area contributed by atoms with Gasteiger partial charge in [0.2, 0.25) is 15.9 Å². The Labute approximate surface area is 141 Å². The average Bonchev–Trinajstić information content (AvgIpc) is 2.85. The first-order valence-electron chi connectivity index (χ1n) is 8.00. The minimum atomic E-state index is -3.80. The summed E-state index contributed by atoms with van der Waals surface area (Å²) in [6.45, 7) is 1.38. The molecule has 1 fully saturated rings. The molecular formula is C16H22N4O3S. The molecule has 7 nitrogen and oxygen atoms in total. The number of anilines is 1. The molecule has 24 heavy (non-hydrogen) atoms. The van der Waals surface area contributed by atoms with Gasteiger partial charge in [-0.2, -0.15) is 0 Å². The zero-order valence-electron chi connectivity index (χ0n) is 14.0. The van der Waals surface area contributed by atoms with E-state index < -0.39 is 21.2 Å². The average molecular weight is 350 g/mol. The summed E-state index contributed by atoms with van der Waals surface area (Å²) in [7, 11) is -0.735. The topological polar surface area (TPSA) is 95.2 Å². The highest BCUT2D eigenvalue weighted by Gasteiger charge is 2.29. The van der Waals surface area contributed by atoms with Crippen molar-refractivity contribution in [2.24, 2.45) is 0 Å². The van der Waals surface area contributed by atoms with Gasteiger partial charge in [0.15, 0.2) is 5.25 Å². The number of nitrogens with zero attached hydrogens (tertiary/aromatic N) is 2. The SMILES string of the molecule is CC(C(=O)N(C)C)S(=O)(=O)Nc1ccc2nc(C3CCC3)[nH]c2c1. The number of amides is 1. The van der Waals surface area contributed by atoms with Crippen LogP contribution in [0.4, 0.5) is 5.69 Å². The Morgan fingerprint density at radius 3 is 2.67 bits per heavy atom. The maximum atomic E-state index is 12.4. The minimum absolute atomic E-state index is 0.421. The van der Waals surface area contributed by atoms with Gasteiger partial charge in [-0.1, -0.05) is 6.42 Å². The fourth-order valence-electron chi connectivity index (χ4n) is 2.72. The predicted octanol–water partition coefficient (Wildman–Crippen LogP) is 2.05. The molecule has 1 atom stereocenters. The zero-order chi connectivity index (χ0) is 17.5. The molecule has 1 saturated carbocycles. The number of rotatable bonds is 5. The summed E-state index contributed by atoms with van der Waals surface area (Å²) in [6.07, 6.45) is 3.51. The van der Waals surface area contributed by atoms with E-state index in [0.29, 0.717) is 11.6 Å². The lowest BCUT2D eigenvalue weighted by molar-refractivity contribution is -0.127. The minimum Gasteiger partial charge on any atom is -0.348 e. The van der Waals surface area contributed by atoms with E-state index in [4.69, 9.17) is 0 Å². The van der Waals surface area contributed by atoms with Crippen molar-refractivity contribution in [2.75, 3.05) is 18.8 Å². The van der Waals surface area contributed by atoms with Crippen molar-refractivity contribution >= 4 is 32.7 Å². The first kappa shape index (κ1) is 16.8. The molecule has 0 spiro atoms. The van der Waals surface area contributed by atoms with Gasteiger partial charge < -0.3 is 9.88 Å². The fraction of sp³-hybridized carbons (Fsp3) is 0.500. The fourth-order valence-corrected chi connectivity index (χ4v) is 3.83. The van der Waals surface area contributed by atoms with Gasteiger partial charge in [-0.25, -0.2) is 13.4 Å². The molecule has 2 N–H and O–H groups in total. The highest BCUT2D eigenvalue weighted by molar-refractivity contribution is 7.94. The molecule has 1 unspecified atom stereocenters. The summed E-state index contributed by atoms with van der Waals surface area (Å²) >= 11 is 0. The number of sulfonamides is 1. The van der Waals surface area contributed by atoms with E-state index >= 15 is 0 Å². The van der Waals surface area contributed by atoms with Crippen LogP contribution in [0.15, 0.2) is 18.2 Å². The second kappa shape index (κ2) is 6.08. The van der Waals surface area contributed by atoms with Crippen LogP contribution in [0.25, 0.3) is 11.0 Å². The third-order valence-electron chi connectivity index (χ3n) is 4.51. The maximum Gasteiger partial charge on any atom is 0.244 e. The van der Waals surface area contributed by atoms with Crippen LogP contribution in [0.5, 0.6) is 0 Å². The third kappa shape index (κ3) is 3.10. The van der Waals surface area contributed by atoms with E-state index in [-0.39, 0.29) is 0 Å². The Bertz CT molecular complexity index is 869. The van der Waals surface area contributed by atoms with Gasteiger partial charge in [0.05, 0.1) is 16.7 Å². The number of hydrogen-bond donors (Lipinski definition) is 2. The maximum absolute atomic E-state index is 12.4. The van der Waals surface area contributed by atoms with Crippen LogP contribution in [-0.4, -0.2) is 48.5 Å². The number of H-pyrrole nitrogens is 1. The van der Waals surface area contributed by atoms with Crippen molar-refractivity contribution in [3.8, 4) is 0 Å². The summed E-state index contributed by atoms with van der Waals surface area (Å²) in [6, 6.07) is 5.16. The van der Waals surface area contributed by atoms with Gasteiger partial charge in [0, 0.05) is 20.0 Å². The van der Waals surface area contributed by atoms with E-state index in [2.05, 4.69) is 14.7 Å². The number of carbonyl (C=O) groups excluding carboxylic acids is 1. The largest absolute Gasteiger partial charge is 0.348 e. The number of fused-ring (bicyclic) bond motifs is 1. The van der Waals surface area contributed by atoms with Crippen molar-refractivity contribution in [3.63, 3.8) is 0 Å². The third-order valence-corrected chi connectivity index (χ3v) is 6.16. The van der Waals surface area contributed by atoms with Gasteiger partial charge in [-0.3, -0.25) is 9.52 Å². The van der Waals surface area contributed by atoms with Crippen LogP contribution < -0.4 is 4.72 Å². The van der Waals surface area contributed by atoms with E-state index in [1.165, 1.54) is 32.3 Å². The second-order valence-corrected chi connectivity index (χ2v) is 8.51. The Morgan fingerprint density at radius 2 is 2.08 bits per heavy atom. The number of aromatic amines is 1. The highest BCUT2D eigenvalue weighted by Crippen LogP contribution is 2.35. The van der Waals surface area contributed by atoms with Crippen molar-refractivity contribution in [1.82, 2.24) is 14.9 Å². The van der Waals surface area contributed by atoms with E-state index in [9.17, 15) is 13.2 Å². The summed E-state index contributed by atoms with van der Waals surface area (Å²) in [4.78, 5) is 21.0. The molecule has 1 aromatic carbocycles. The number of carbonyl (C=O) groups is 1. The molecule has 1 aromatic heterocycles. The van der Waals surface area contributed by atoms with Crippen molar-refractivity contribution < 1.29 is 13.2 Å². The van der Waals surface area contributed by atoms with Crippen molar-refractivity contribution in [3.05, 3.63) is 24.0 Å². The summed E-state index contributed by atoms with van der Waals surface area (Å²) in [5.74, 6) is 0.986. The number of aromatic nitrogens is 2. The Hall–Kier alpha value is -2.09. The van der Waals surface area contributed by atoms with Gasteiger partial charge in [-0.15, -0.1) is 0 Å². The molecule has 2 aromatic rings. The molecule has 1 aliphatic rings. The van der Waals surface area contributed by atoms with E-state index in [0.717, 1.165) is 29.7 Å². The number of hydrogen-bond acceptors (Lipinski definition) is 4. The number of benzene rings is 1. The number of imidazole rings is 1. The molecule has 0 bridgehead atoms. The van der Waals surface area contributed by atoms with Crippen LogP contribution in [0.2, 0.25) is 0 Å². The Morgan fingerprint density at radius 1 is 1.38 bits per heavy atom. The Balaban J connectivity index is 1.82. The van der Waals surface area contributed by atoms with Crippen LogP contribution in [0.3, 0.4) is 0 Å². The van der Waals surface area contributed by atoms with Gasteiger partial charge in [-0.05, 0) is 38.0 Å². The number of nitrogens with one attached hydrogen (secondary N) is 2. The lowest BCUT2D eigenvalue weighted by Gasteiger charge is -2.22. The summed E-state index contributed by atoms with van der Waals surface area (Å²) < 4.78 is 27.2. The van der Waals surface area contributed by atoms with Crippen LogP contribution >= 0.6 is 0 Å². The van der Waals surface area contributed by atoms with Gasteiger partial charge in [0.1, 0.15) is 5.82 Å². The highest BCUT2D eigenvalue weighted by atomic mass is 32.2. The lowest BCUT2D eigenvalue weighted by atomic mass is 9.85. The smallest absolute Gasteiger partial charge is 0.244 e. The van der Waals surface area contributed by atoms with Crippen LogP contribution in [0, 0.1) is 0 Å². The molecule has 0 radical (unpaired) electrons. The van der Waals surface area contributed by atoms with E-state index in [1.807, 2.05) is 0 Å². The second-order valence-electron chi connectivity index (χ2n) is 6.50. The molecule has 0 aliphatic heterocycles. The molecule has 3 rings (SSSR count). The Kier molecular flexibility index (Phi) is 4.25. The molecule has 1 amide bonds. The quantitative estimate of drug-likeness (QED) is 0.863. The molecule has 1 heterocycles. The van der Waals surface area contributed by atoms with Crippen molar-refractivity contribution in [2.45, 2.75) is 37.4 Å². The first-order valence-corrected chi connectivity index (χ1v) is 9.55. The normalized spacial score (nSPS) is 16.6. The van der Waals surface area contributed by atoms with Crippen LogP contribution in [-0.2, 0) is 14.8 Å². The van der Waals surface area contributed by atoms with Crippen LogP contribution in [0.1, 0.15) is 37.9 Å². The van der Waals surface area contributed by atoms with Crippen molar-refractivity contribution in [1.29, 1.82) is 0 Å². The lowest BCUT2D eigenvalue weighted by Crippen LogP contribution is -2.39. The standard InChI is InChI=1S/C16H22N4O3S/c1-10(16(21)20(2)3)24(22,23)19-12-7-8-13-14(9-12)18-15(17-13)11-5-4-6-11/h7-11,19H,4-6H2,1-3H3,(H,17,18). The first-order chi connectivity index (χ1) is 11.3. The molecule has 130 valence electrons.